The largest absolute Gasteiger partial charge is 1.00 e. The van der Waals surface area contributed by atoms with Gasteiger partial charge in [-0.3, -0.25) is 9.59 Å². The minimum atomic E-state index is -1.88. The summed E-state index contributed by atoms with van der Waals surface area (Å²) < 4.78 is 14.9. The van der Waals surface area contributed by atoms with E-state index in [9.17, 15) is 9.59 Å². The van der Waals surface area contributed by atoms with E-state index in [-0.39, 0.29) is 37.1 Å². The molecule has 0 fully saturated rings. The summed E-state index contributed by atoms with van der Waals surface area (Å²) >= 11 is 10.9. The van der Waals surface area contributed by atoms with Crippen molar-refractivity contribution in [3.63, 3.8) is 0 Å². The Balaban J connectivity index is 0.000000181. The summed E-state index contributed by atoms with van der Waals surface area (Å²) in [4.78, 5) is 25.6. The molecule has 90 heavy (non-hydrogen) atoms. The third kappa shape index (κ3) is 10.1. The molecule has 14 rings (SSSR count). The normalized spacial score (nSPS) is 13.1. The van der Waals surface area contributed by atoms with Crippen molar-refractivity contribution in [1.29, 1.82) is 0 Å². The Labute approximate surface area is 572 Å². The van der Waals surface area contributed by atoms with Crippen molar-refractivity contribution in [1.82, 2.24) is 0 Å². The van der Waals surface area contributed by atoms with Gasteiger partial charge in [-0.25, -0.2) is 0 Å². The fourth-order valence-electron chi connectivity index (χ4n) is 16.5. The van der Waals surface area contributed by atoms with E-state index >= 15 is 0 Å². The van der Waals surface area contributed by atoms with Crippen LogP contribution in [0, 0.1) is 34.9 Å². The topological polar surface area (TPSA) is 34.1 Å². The third-order valence-electron chi connectivity index (χ3n) is 20.6. The molecule has 0 unspecified atom stereocenters. The van der Waals surface area contributed by atoms with Crippen molar-refractivity contribution < 1.29 is 18.9 Å². The maximum Gasteiger partial charge on any atom is 1.00 e. The fourth-order valence-corrected chi connectivity index (χ4v) is 40.8. The molecular weight excluding hydrogens is 1250 g/mol. The summed E-state index contributed by atoms with van der Waals surface area (Å²) in [6, 6.07) is 33.8. The first-order chi connectivity index (χ1) is 41.9. The van der Waals surface area contributed by atoms with Crippen molar-refractivity contribution in [2.45, 2.75) is 182 Å². The maximum absolute atomic E-state index is 12.8. The van der Waals surface area contributed by atoms with E-state index in [4.69, 9.17) is 6.42 Å². The number of hydrogen-bond donors (Lipinski definition) is 0. The van der Waals surface area contributed by atoms with Crippen molar-refractivity contribution in [2.24, 2.45) is 0 Å². The molecule has 0 atom stereocenters. The Morgan fingerprint density at radius 1 is 0.333 bits per heavy atom. The zero-order valence-corrected chi connectivity index (χ0v) is 63.1. The number of thiophene rings is 6. The Morgan fingerprint density at radius 3 is 0.900 bits per heavy atom. The summed E-state index contributed by atoms with van der Waals surface area (Å²) in [6.07, 6.45) is 7.51. The van der Waals surface area contributed by atoms with Gasteiger partial charge in [0.05, 0.1) is 64.1 Å². The molecule has 0 N–H and O–H groups in total. The van der Waals surface area contributed by atoms with Gasteiger partial charge in [-0.15, -0.1) is 79.1 Å². The first-order valence-corrected chi connectivity index (χ1v) is 43.3. The first-order valence-electron chi connectivity index (χ1n) is 31.7. The molecular formula is C78H83LiO2S6Si3. The van der Waals surface area contributed by atoms with Crippen molar-refractivity contribution >= 4 is 183 Å². The molecule has 12 heteroatoms. The number of hydrogen-bond acceptors (Lipinski definition) is 8. The van der Waals surface area contributed by atoms with Gasteiger partial charge < -0.3 is 12.0 Å². The van der Waals surface area contributed by atoms with E-state index in [1.165, 1.54) is 81.8 Å². The first kappa shape index (κ1) is 68.0. The van der Waals surface area contributed by atoms with Crippen molar-refractivity contribution in [3.8, 4) is 50.7 Å². The van der Waals surface area contributed by atoms with E-state index in [1.54, 1.807) is 34.0 Å². The van der Waals surface area contributed by atoms with Crippen molar-refractivity contribution in [2.75, 3.05) is 0 Å². The Kier molecular flexibility index (Phi) is 19.2. The summed E-state index contributed by atoms with van der Waals surface area (Å²) in [7, 11) is -5.34. The summed E-state index contributed by atoms with van der Waals surface area (Å²) in [5, 5.41) is 5.90. The molecule has 0 bridgehead atoms. The fraction of sp³-hybridized carbons (Fsp3) is 0.359. The Hall–Kier alpha value is -4.87. The molecule has 6 aromatic carbocycles. The average Bonchev–Trinajstić information content (AvgIpc) is 1.54. The van der Waals surface area contributed by atoms with Gasteiger partial charge in [0.15, 0.2) is 0 Å². The predicted molar refractivity (Wildman–Crippen MR) is 413 cm³/mol. The van der Waals surface area contributed by atoms with Gasteiger partial charge in [0.2, 0.25) is 10.9 Å². The van der Waals surface area contributed by atoms with E-state index in [1.807, 2.05) is 82.5 Å². The van der Waals surface area contributed by atoms with Crippen LogP contribution in [-0.2, 0) is 0 Å². The number of rotatable bonds is 9. The van der Waals surface area contributed by atoms with E-state index in [2.05, 4.69) is 202 Å². The molecule has 0 radical (unpaired) electrons. The number of fused-ring (bicyclic) bond motifs is 22. The standard InChI is InChI=1S/C44H50S3Si2.C22H8O2S3.C11H21Si.CH4.Li/c1-25(2)48(26(3)4,27(5)6)23-21-35-31-17-13-15-19-33(31)37-39(35)45-43-41(37)47-42-38-34-20-16-14-18-32(34)36(40(38)46-44(42)43)22-24-49(28(7)8,29(9)10)30(11)12;23-15-11-7-3-1-5-9(11)13-17(15)25-21-19(13)27-20-14-10-6-2-4-8-12(10)16(24)18(14)26-22(20)21;1-8-12(9(2)3,10(4)5)11(6)7;;/h13-20,25-30H,1-12H3;1-8H;9-11H,2-7H3;1H4;/q;;-1;;+1. The van der Waals surface area contributed by atoms with Crippen molar-refractivity contribution in [3.05, 3.63) is 144 Å². The van der Waals surface area contributed by atoms with Crippen LogP contribution >= 0.6 is 68.0 Å². The molecule has 2 nitrogen and oxygen atoms in total. The second-order valence-electron chi connectivity index (χ2n) is 27.5. The van der Waals surface area contributed by atoms with Gasteiger partial charge in [-0.1, -0.05) is 241 Å². The minimum absolute atomic E-state index is 0. The molecule has 456 valence electrons. The molecule has 0 spiro atoms. The van der Waals surface area contributed by atoms with Gasteiger partial charge in [0.25, 0.3) is 0 Å². The second-order valence-corrected chi connectivity index (χ2v) is 50.3. The molecule has 6 heterocycles. The molecule has 0 aliphatic heterocycles. The third-order valence-corrected chi connectivity index (χ3v) is 47.4. The van der Waals surface area contributed by atoms with Crippen LogP contribution in [0.3, 0.4) is 0 Å². The minimum Gasteiger partial charge on any atom is -0.701 e. The SMILES string of the molecule is C.CC(C)[Si](C#CC1=c2sc3c(sc4c5c(sc43)=C(C#C[Si](C(C)C)(C(C)C)C(C)C)c3ccccc3-5)c2-c2ccccc21)(C(C)C)C(C)C.O=c1c2ccccc2c2c1sc1c3sc4c(=O)c5ccccc5c4c3sc12.[C-]#C[Si](C(C)C)(C(C)C)C(C)C.[Li+]. The van der Waals surface area contributed by atoms with E-state index in [0.29, 0.717) is 49.9 Å². The number of benzene rings is 4. The van der Waals surface area contributed by atoms with Gasteiger partial charge in [0.1, 0.15) is 16.1 Å². The smallest absolute Gasteiger partial charge is 0.701 e. The summed E-state index contributed by atoms with van der Waals surface area (Å²) in [6.45, 7) is 42.4. The van der Waals surface area contributed by atoms with Crippen LogP contribution in [0.15, 0.2) is 107 Å². The average molecular weight is 1340 g/mol. The molecule has 0 saturated heterocycles. The van der Waals surface area contributed by atoms with Crippen LogP contribution in [0.2, 0.25) is 49.9 Å². The van der Waals surface area contributed by atoms with E-state index in [0.717, 1.165) is 51.1 Å². The van der Waals surface area contributed by atoms with Crippen LogP contribution in [0.5, 0.6) is 0 Å². The molecule has 0 saturated carbocycles. The molecule has 6 aromatic heterocycles. The van der Waals surface area contributed by atoms with Crippen LogP contribution in [0.4, 0.5) is 0 Å². The Morgan fingerprint density at radius 2 is 0.600 bits per heavy atom. The predicted octanol–water partition coefficient (Wildman–Crippen LogP) is 20.8. The van der Waals surface area contributed by atoms with Crippen LogP contribution in [0.25, 0.3) is 113 Å². The Bertz CT molecular complexity index is 4850. The summed E-state index contributed by atoms with van der Waals surface area (Å²) in [5.74, 6) is 7.85. The van der Waals surface area contributed by atoms with Crippen LogP contribution in [0.1, 0.15) is 143 Å². The summed E-state index contributed by atoms with van der Waals surface area (Å²) in [5.41, 5.74) is 27.6. The molecule has 12 aromatic rings. The van der Waals surface area contributed by atoms with Crippen LogP contribution in [-0.4, -0.2) is 24.2 Å². The van der Waals surface area contributed by atoms with E-state index < -0.39 is 24.2 Å². The monoisotopic (exact) mass is 1330 g/mol. The van der Waals surface area contributed by atoms with Gasteiger partial charge >= 0.3 is 18.9 Å². The van der Waals surface area contributed by atoms with Gasteiger partial charge in [-0.05, 0) is 82.9 Å². The van der Waals surface area contributed by atoms with Crippen LogP contribution < -0.4 is 38.8 Å². The molecule has 2 aliphatic rings. The van der Waals surface area contributed by atoms with Gasteiger partial charge in [0, 0.05) is 43.8 Å². The zero-order valence-electron chi connectivity index (χ0n) is 55.2. The quantitative estimate of drug-likeness (QED) is 0.0820. The zero-order chi connectivity index (χ0) is 63.0. The molecule has 2 aliphatic carbocycles. The van der Waals surface area contributed by atoms with Gasteiger partial charge in [-0.2, -0.15) is 0 Å². The second kappa shape index (κ2) is 25.5. The molecule has 0 amide bonds. The maximum atomic E-state index is 12.8.